The Balaban J connectivity index is 1.57. The monoisotopic (exact) mass is 462 g/mol. The van der Waals surface area contributed by atoms with Gasteiger partial charge in [-0.25, -0.2) is 4.90 Å². The lowest BCUT2D eigenvalue weighted by atomic mass is 9.76. The molecule has 2 aromatic rings. The summed E-state index contributed by atoms with van der Waals surface area (Å²) in [5.74, 6) is -4.03. The van der Waals surface area contributed by atoms with Crippen LogP contribution in [-0.2, 0) is 29.5 Å². The summed E-state index contributed by atoms with van der Waals surface area (Å²) < 4.78 is 5.03. The van der Waals surface area contributed by atoms with Crippen molar-refractivity contribution < 1.29 is 28.7 Å². The van der Waals surface area contributed by atoms with Crippen LogP contribution in [0.15, 0.2) is 48.5 Å². The van der Waals surface area contributed by atoms with Crippen LogP contribution in [0.1, 0.15) is 25.3 Å². The molecule has 3 heterocycles. The second kappa shape index (κ2) is 7.77. The lowest BCUT2D eigenvalue weighted by Gasteiger charge is -2.29. The van der Waals surface area contributed by atoms with Crippen molar-refractivity contribution >= 4 is 41.0 Å². The molecule has 0 unspecified atom stereocenters. The number of nitrogens with two attached hydrogens (primary N) is 1. The molecular formula is C24H22N4O6. The summed E-state index contributed by atoms with van der Waals surface area (Å²) in [5.41, 5.74) is 5.36. The number of hydrogen-bond donors (Lipinski definition) is 3. The van der Waals surface area contributed by atoms with Gasteiger partial charge in [-0.3, -0.25) is 29.3 Å². The van der Waals surface area contributed by atoms with Crippen LogP contribution in [0, 0.1) is 11.8 Å². The van der Waals surface area contributed by atoms with Crippen LogP contribution in [0.4, 0.5) is 11.4 Å². The maximum Gasteiger partial charge on any atom is 0.308 e. The number of ether oxygens (including phenoxy) is 1. The predicted octanol–water partition coefficient (Wildman–Crippen LogP) is 0.802. The van der Waals surface area contributed by atoms with Crippen molar-refractivity contribution in [3.8, 4) is 5.75 Å². The van der Waals surface area contributed by atoms with Crippen molar-refractivity contribution in [2.24, 2.45) is 17.6 Å². The molecule has 0 bridgehead atoms. The molecule has 4 atom stereocenters. The molecule has 3 aliphatic heterocycles. The summed E-state index contributed by atoms with van der Waals surface area (Å²) in [7, 11) is 0. The molecule has 0 radical (unpaired) electrons. The summed E-state index contributed by atoms with van der Waals surface area (Å²) >= 11 is 0. The molecule has 3 aliphatic rings. The van der Waals surface area contributed by atoms with E-state index in [9.17, 15) is 24.0 Å². The summed E-state index contributed by atoms with van der Waals surface area (Å²) in [5, 5.41) is 6.07. The number of nitrogens with one attached hydrogen (secondary N) is 2. The molecule has 2 aromatic carbocycles. The average Bonchev–Trinajstić information content (AvgIpc) is 3.37. The highest BCUT2D eigenvalue weighted by Crippen LogP contribution is 2.54. The number of para-hydroxylation sites is 1. The molecule has 5 rings (SSSR count). The van der Waals surface area contributed by atoms with E-state index in [1.54, 1.807) is 24.3 Å². The normalized spacial score (nSPS) is 27.0. The van der Waals surface area contributed by atoms with Gasteiger partial charge in [0.25, 0.3) is 0 Å². The second-order valence-electron chi connectivity index (χ2n) is 8.67. The molecular weight excluding hydrogens is 440 g/mol. The Morgan fingerprint density at radius 1 is 1.06 bits per heavy atom. The van der Waals surface area contributed by atoms with E-state index in [-0.39, 0.29) is 18.6 Å². The van der Waals surface area contributed by atoms with E-state index < -0.39 is 53.0 Å². The third-order valence-corrected chi connectivity index (χ3v) is 6.68. The van der Waals surface area contributed by atoms with Gasteiger partial charge < -0.3 is 15.8 Å². The Morgan fingerprint density at radius 2 is 1.76 bits per heavy atom. The maximum atomic E-state index is 13.8. The minimum absolute atomic E-state index is 0.00121. The number of imide groups is 1. The first-order chi connectivity index (χ1) is 16.2. The lowest BCUT2D eigenvalue weighted by molar-refractivity contribution is -0.132. The number of fused-ring (bicyclic) bond motifs is 4. The lowest BCUT2D eigenvalue weighted by Crippen LogP contribution is -2.53. The Kier molecular flexibility index (Phi) is 4.98. The topological polar surface area (TPSA) is 148 Å². The van der Waals surface area contributed by atoms with Crippen molar-refractivity contribution in [2.45, 2.75) is 31.3 Å². The van der Waals surface area contributed by atoms with Crippen LogP contribution >= 0.6 is 0 Å². The van der Waals surface area contributed by atoms with Crippen molar-refractivity contribution in [3.63, 3.8) is 0 Å². The van der Waals surface area contributed by atoms with Gasteiger partial charge >= 0.3 is 5.97 Å². The number of rotatable bonds is 5. The number of esters is 1. The molecule has 1 spiro atoms. The molecule has 0 saturated carbocycles. The fraction of sp³-hybridized carbons (Fsp3) is 0.292. The first-order valence-corrected chi connectivity index (χ1v) is 10.9. The molecule has 10 nitrogen and oxygen atoms in total. The van der Waals surface area contributed by atoms with E-state index in [0.29, 0.717) is 16.9 Å². The van der Waals surface area contributed by atoms with Crippen LogP contribution in [0.2, 0.25) is 0 Å². The SMILES string of the molecule is CC(=O)Oc1ccc(N2C(=O)[C@@H]3[C@H](CCC(N)=O)N[C@]4(C(=O)Nc5ccccc54)[C@@H]3C2=O)cc1. The smallest absolute Gasteiger partial charge is 0.308 e. The molecule has 0 aromatic heterocycles. The van der Waals surface area contributed by atoms with Crippen molar-refractivity contribution in [1.82, 2.24) is 5.32 Å². The van der Waals surface area contributed by atoms with Crippen LogP contribution in [-0.4, -0.2) is 35.6 Å². The van der Waals surface area contributed by atoms with Gasteiger partial charge in [-0.05, 0) is 36.8 Å². The number of hydrogen-bond acceptors (Lipinski definition) is 7. The zero-order valence-corrected chi connectivity index (χ0v) is 18.2. The molecule has 4 amide bonds. The van der Waals surface area contributed by atoms with Gasteiger partial charge in [-0.15, -0.1) is 0 Å². The quantitative estimate of drug-likeness (QED) is 0.338. The molecule has 0 aliphatic carbocycles. The largest absolute Gasteiger partial charge is 0.427 e. The fourth-order valence-corrected chi connectivity index (χ4v) is 5.39. The highest BCUT2D eigenvalue weighted by molar-refractivity contribution is 6.25. The Hall–Kier alpha value is -4.05. The van der Waals surface area contributed by atoms with Crippen LogP contribution in [0.25, 0.3) is 0 Å². The zero-order valence-electron chi connectivity index (χ0n) is 18.2. The van der Waals surface area contributed by atoms with Gasteiger partial charge in [0.15, 0.2) is 0 Å². The van der Waals surface area contributed by atoms with Gasteiger partial charge in [-0.1, -0.05) is 18.2 Å². The van der Waals surface area contributed by atoms with E-state index >= 15 is 0 Å². The number of carbonyl (C=O) groups is 5. The van der Waals surface area contributed by atoms with Crippen LogP contribution in [0.5, 0.6) is 5.75 Å². The number of nitrogens with zero attached hydrogens (tertiary/aromatic N) is 1. The van der Waals surface area contributed by atoms with Crippen molar-refractivity contribution in [1.29, 1.82) is 0 Å². The maximum absolute atomic E-state index is 13.8. The fourth-order valence-electron chi connectivity index (χ4n) is 5.39. The van der Waals surface area contributed by atoms with E-state index in [0.717, 1.165) is 4.90 Å². The summed E-state index contributed by atoms with van der Waals surface area (Å²) in [6.07, 6.45) is 0.199. The van der Waals surface area contributed by atoms with Crippen LogP contribution < -0.4 is 26.0 Å². The van der Waals surface area contributed by atoms with Crippen LogP contribution in [0.3, 0.4) is 0 Å². The average molecular weight is 462 g/mol. The summed E-state index contributed by atoms with van der Waals surface area (Å²) in [6, 6.07) is 12.4. The van der Waals surface area contributed by atoms with E-state index in [1.165, 1.54) is 31.2 Å². The summed E-state index contributed by atoms with van der Waals surface area (Å²) in [6.45, 7) is 1.27. The Labute approximate surface area is 194 Å². The molecule has 4 N–H and O–H groups in total. The van der Waals surface area contributed by atoms with E-state index in [2.05, 4.69) is 10.6 Å². The minimum atomic E-state index is -1.44. The zero-order chi connectivity index (χ0) is 24.2. The number of carbonyl (C=O) groups excluding carboxylic acids is 5. The third-order valence-electron chi connectivity index (χ3n) is 6.68. The number of primary amides is 1. The predicted molar refractivity (Wildman–Crippen MR) is 119 cm³/mol. The first-order valence-electron chi connectivity index (χ1n) is 10.9. The number of benzene rings is 2. The number of anilines is 2. The highest BCUT2D eigenvalue weighted by Gasteiger charge is 2.70. The number of amides is 4. The highest BCUT2D eigenvalue weighted by atomic mass is 16.5. The minimum Gasteiger partial charge on any atom is -0.427 e. The molecule has 34 heavy (non-hydrogen) atoms. The van der Waals surface area contributed by atoms with E-state index in [4.69, 9.17) is 10.5 Å². The van der Waals surface area contributed by atoms with Gasteiger partial charge in [0.1, 0.15) is 11.3 Å². The van der Waals surface area contributed by atoms with Crippen molar-refractivity contribution in [3.05, 3.63) is 54.1 Å². The first kappa shape index (κ1) is 21.8. The van der Waals surface area contributed by atoms with Gasteiger partial charge in [0, 0.05) is 30.6 Å². The third kappa shape index (κ3) is 3.10. The second-order valence-corrected chi connectivity index (χ2v) is 8.67. The molecule has 10 heteroatoms. The molecule has 2 saturated heterocycles. The summed E-state index contributed by atoms with van der Waals surface area (Å²) in [4.78, 5) is 64.4. The standard InChI is InChI=1S/C24H22N4O6/c1-12(29)34-14-8-6-13(7-9-14)28-21(31)19-17(10-11-18(25)30)27-24(20(19)22(28)32)15-4-2-3-5-16(15)26-23(24)33/h2-9,17,19-20,27H,10-11H2,1H3,(H2,25,30)(H,26,33)/t17-,19+,20-,24-/m0/s1. The van der Waals surface area contributed by atoms with Gasteiger partial charge in [0.05, 0.1) is 17.5 Å². The molecule has 2 fully saturated rings. The van der Waals surface area contributed by atoms with Crippen molar-refractivity contribution in [2.75, 3.05) is 10.2 Å². The van der Waals surface area contributed by atoms with E-state index in [1.807, 2.05) is 0 Å². The van der Waals surface area contributed by atoms with Gasteiger partial charge in [-0.2, -0.15) is 0 Å². The Morgan fingerprint density at radius 3 is 2.44 bits per heavy atom. The van der Waals surface area contributed by atoms with Gasteiger partial charge in [0.2, 0.25) is 23.6 Å². The molecule has 174 valence electrons. The Bertz CT molecular complexity index is 1240.